The van der Waals surface area contributed by atoms with Crippen LogP contribution in [0.15, 0.2) is 34.8 Å². The van der Waals surface area contributed by atoms with Crippen molar-refractivity contribution in [3.8, 4) is 0 Å². The minimum Gasteiger partial charge on any atom is -0.376 e. The molecule has 1 nitrogen and oxygen atoms in total. The Labute approximate surface area is 127 Å². The zero-order chi connectivity index (χ0) is 14.0. The second-order valence-corrected chi connectivity index (χ2v) is 5.59. The van der Waals surface area contributed by atoms with Crippen molar-refractivity contribution in [1.82, 2.24) is 0 Å². The number of halogens is 5. The third-order valence-corrected chi connectivity index (χ3v) is 3.53. The van der Waals surface area contributed by atoms with Crippen LogP contribution in [0.5, 0.6) is 0 Å². The van der Waals surface area contributed by atoms with E-state index < -0.39 is 11.6 Å². The van der Waals surface area contributed by atoms with Crippen LogP contribution in [0.3, 0.4) is 0 Å². The summed E-state index contributed by atoms with van der Waals surface area (Å²) in [4.78, 5) is 0. The Morgan fingerprint density at radius 1 is 1.05 bits per heavy atom. The molecule has 0 aliphatic carbocycles. The quantitative estimate of drug-likeness (QED) is 0.740. The Bertz CT molecular complexity index is 597. The Morgan fingerprint density at radius 3 is 2.32 bits per heavy atom. The van der Waals surface area contributed by atoms with Gasteiger partial charge in [0.05, 0.1) is 0 Å². The fourth-order valence-corrected chi connectivity index (χ4v) is 2.35. The van der Waals surface area contributed by atoms with Crippen LogP contribution in [0.4, 0.5) is 14.5 Å². The van der Waals surface area contributed by atoms with E-state index in [2.05, 4.69) is 21.2 Å². The topological polar surface area (TPSA) is 12.0 Å². The summed E-state index contributed by atoms with van der Waals surface area (Å²) in [7, 11) is 0. The van der Waals surface area contributed by atoms with Crippen molar-refractivity contribution in [2.45, 2.75) is 6.54 Å². The maximum Gasteiger partial charge on any atom is 0.150 e. The average Bonchev–Trinajstić information content (AvgIpc) is 2.32. The van der Waals surface area contributed by atoms with Crippen LogP contribution in [0.1, 0.15) is 5.56 Å². The molecule has 19 heavy (non-hydrogen) atoms. The van der Waals surface area contributed by atoms with E-state index in [4.69, 9.17) is 23.2 Å². The average molecular weight is 367 g/mol. The summed E-state index contributed by atoms with van der Waals surface area (Å²) < 4.78 is 27.5. The Hall–Kier alpha value is -0.840. The molecule has 0 bridgehead atoms. The van der Waals surface area contributed by atoms with Crippen molar-refractivity contribution in [3.63, 3.8) is 0 Å². The molecule has 0 aliphatic heterocycles. The van der Waals surface area contributed by atoms with Gasteiger partial charge in [-0.15, -0.1) is 0 Å². The first kappa shape index (κ1) is 14.6. The maximum atomic E-state index is 13.6. The molecule has 2 aromatic carbocycles. The zero-order valence-electron chi connectivity index (χ0n) is 9.48. The van der Waals surface area contributed by atoms with E-state index in [-0.39, 0.29) is 12.2 Å². The largest absolute Gasteiger partial charge is 0.376 e. The number of hydrogen-bond donors (Lipinski definition) is 1. The number of hydrogen-bond acceptors (Lipinski definition) is 1. The first-order valence-electron chi connectivity index (χ1n) is 5.29. The highest BCUT2D eigenvalue weighted by Crippen LogP contribution is 2.26. The lowest BCUT2D eigenvalue weighted by Crippen LogP contribution is -2.04. The van der Waals surface area contributed by atoms with Gasteiger partial charge in [0.2, 0.25) is 0 Å². The second-order valence-electron chi connectivity index (χ2n) is 3.83. The number of benzene rings is 2. The molecule has 2 rings (SSSR count). The molecule has 0 saturated carbocycles. The molecule has 0 spiro atoms. The molecule has 6 heteroatoms. The van der Waals surface area contributed by atoms with Crippen molar-refractivity contribution >= 4 is 44.8 Å². The van der Waals surface area contributed by atoms with Gasteiger partial charge in [0.1, 0.15) is 17.3 Å². The lowest BCUT2D eigenvalue weighted by Gasteiger charge is -2.10. The van der Waals surface area contributed by atoms with E-state index in [1.165, 1.54) is 12.1 Å². The van der Waals surface area contributed by atoms with E-state index in [0.29, 0.717) is 20.1 Å². The van der Waals surface area contributed by atoms with Crippen LogP contribution < -0.4 is 5.32 Å². The van der Waals surface area contributed by atoms with Crippen LogP contribution in [-0.2, 0) is 6.54 Å². The predicted octanol–water partition coefficient (Wildman–Crippen LogP) is 5.65. The first-order chi connectivity index (χ1) is 8.97. The molecule has 1 N–H and O–H groups in total. The van der Waals surface area contributed by atoms with Crippen molar-refractivity contribution in [3.05, 3.63) is 62.0 Å². The van der Waals surface area contributed by atoms with Gasteiger partial charge in [-0.1, -0.05) is 39.1 Å². The summed E-state index contributed by atoms with van der Waals surface area (Å²) in [6, 6.07) is 7.30. The summed E-state index contributed by atoms with van der Waals surface area (Å²) in [6.07, 6.45) is 0. The highest BCUT2D eigenvalue weighted by atomic mass is 79.9. The van der Waals surface area contributed by atoms with Gasteiger partial charge < -0.3 is 5.32 Å². The summed E-state index contributed by atoms with van der Waals surface area (Å²) in [5.41, 5.74) is 0.468. The molecule has 0 fully saturated rings. The third-order valence-electron chi connectivity index (χ3n) is 2.47. The van der Waals surface area contributed by atoms with E-state index in [9.17, 15) is 8.78 Å². The maximum absolute atomic E-state index is 13.6. The molecule has 0 radical (unpaired) electrons. The standard InChI is InChI=1S/C13H8BrCl2F2N/c14-8-4-11(17)13(12(18)5-8)19-6-7-3-9(15)1-2-10(7)16/h1-5,19H,6H2. The molecule has 0 amide bonds. The van der Waals surface area contributed by atoms with Gasteiger partial charge in [0.25, 0.3) is 0 Å². The summed E-state index contributed by atoms with van der Waals surface area (Å²) in [6.45, 7) is 0.175. The van der Waals surface area contributed by atoms with Gasteiger partial charge in [-0.05, 0) is 35.9 Å². The minimum atomic E-state index is -0.676. The lowest BCUT2D eigenvalue weighted by molar-refractivity contribution is 0.586. The fraction of sp³-hybridized carbons (Fsp3) is 0.0769. The fourth-order valence-electron chi connectivity index (χ4n) is 1.57. The molecule has 2 aromatic rings. The molecule has 100 valence electrons. The van der Waals surface area contributed by atoms with Crippen LogP contribution in [0.2, 0.25) is 10.0 Å². The van der Waals surface area contributed by atoms with Gasteiger partial charge in [0.15, 0.2) is 0 Å². The van der Waals surface area contributed by atoms with Crippen LogP contribution in [0, 0.1) is 11.6 Å². The van der Waals surface area contributed by atoms with E-state index >= 15 is 0 Å². The molecule has 0 unspecified atom stereocenters. The van der Waals surface area contributed by atoms with Crippen molar-refractivity contribution in [1.29, 1.82) is 0 Å². The third kappa shape index (κ3) is 3.59. The zero-order valence-corrected chi connectivity index (χ0v) is 12.6. The summed E-state index contributed by atoms with van der Waals surface area (Å²) in [5, 5.41) is 3.67. The molecular formula is C13H8BrCl2F2N. The van der Waals surface area contributed by atoms with E-state index in [0.717, 1.165) is 0 Å². The number of anilines is 1. The highest BCUT2D eigenvalue weighted by Gasteiger charge is 2.11. The highest BCUT2D eigenvalue weighted by molar-refractivity contribution is 9.10. The van der Waals surface area contributed by atoms with Crippen molar-refractivity contribution in [2.24, 2.45) is 0 Å². The Balaban J connectivity index is 2.21. The normalized spacial score (nSPS) is 10.6. The van der Waals surface area contributed by atoms with Gasteiger partial charge in [-0.2, -0.15) is 0 Å². The van der Waals surface area contributed by atoms with Crippen LogP contribution in [0.25, 0.3) is 0 Å². The van der Waals surface area contributed by atoms with E-state index in [1.54, 1.807) is 18.2 Å². The van der Waals surface area contributed by atoms with Crippen molar-refractivity contribution in [2.75, 3.05) is 5.32 Å². The minimum absolute atomic E-state index is 0.175. The predicted molar refractivity (Wildman–Crippen MR) is 77.8 cm³/mol. The van der Waals surface area contributed by atoms with Crippen molar-refractivity contribution < 1.29 is 8.78 Å². The molecule has 0 heterocycles. The molecule has 0 aromatic heterocycles. The van der Waals surface area contributed by atoms with Gasteiger partial charge in [-0.3, -0.25) is 0 Å². The lowest BCUT2D eigenvalue weighted by atomic mass is 10.2. The van der Waals surface area contributed by atoms with Crippen LogP contribution >= 0.6 is 39.1 Å². The molecule has 0 aliphatic rings. The summed E-state index contributed by atoms with van der Waals surface area (Å²) in [5.74, 6) is -1.35. The van der Waals surface area contributed by atoms with Gasteiger partial charge >= 0.3 is 0 Å². The number of nitrogens with one attached hydrogen (secondary N) is 1. The smallest absolute Gasteiger partial charge is 0.150 e. The van der Waals surface area contributed by atoms with Gasteiger partial charge in [-0.25, -0.2) is 8.78 Å². The Morgan fingerprint density at radius 2 is 1.68 bits per heavy atom. The molecule has 0 atom stereocenters. The Kier molecular flexibility index (Phi) is 4.66. The van der Waals surface area contributed by atoms with E-state index in [1.807, 2.05) is 0 Å². The molecular weight excluding hydrogens is 359 g/mol. The molecule has 0 saturated heterocycles. The van der Waals surface area contributed by atoms with Crippen LogP contribution in [-0.4, -0.2) is 0 Å². The second kappa shape index (κ2) is 6.07. The number of rotatable bonds is 3. The monoisotopic (exact) mass is 365 g/mol. The SMILES string of the molecule is Fc1cc(Br)cc(F)c1NCc1cc(Cl)ccc1Cl. The first-order valence-corrected chi connectivity index (χ1v) is 6.84. The van der Waals surface area contributed by atoms with Gasteiger partial charge in [0, 0.05) is 21.1 Å². The summed E-state index contributed by atoms with van der Waals surface area (Å²) >= 11 is 14.8.